The van der Waals surface area contributed by atoms with Crippen molar-refractivity contribution in [1.82, 2.24) is 13.9 Å². The van der Waals surface area contributed by atoms with E-state index in [0.717, 1.165) is 9.54 Å². The molecular formula is C14H14N4O2S. The first kappa shape index (κ1) is 13.6. The van der Waals surface area contributed by atoms with Gasteiger partial charge in [0.25, 0.3) is 10.0 Å². The van der Waals surface area contributed by atoms with Crippen LogP contribution in [-0.2, 0) is 10.0 Å². The molecule has 2 heterocycles. The second kappa shape index (κ2) is 4.56. The molecule has 1 aromatic carbocycles. The predicted octanol–water partition coefficient (Wildman–Crippen LogP) is 1.87. The van der Waals surface area contributed by atoms with Crippen LogP contribution in [-0.4, -0.2) is 22.4 Å². The van der Waals surface area contributed by atoms with E-state index in [4.69, 9.17) is 5.73 Å². The molecular weight excluding hydrogens is 288 g/mol. The molecule has 0 aliphatic heterocycles. The normalized spacial score (nSPS) is 11.9. The lowest BCUT2D eigenvalue weighted by Gasteiger charge is -2.08. The van der Waals surface area contributed by atoms with Crippen molar-refractivity contribution >= 4 is 26.9 Å². The summed E-state index contributed by atoms with van der Waals surface area (Å²) in [4.78, 5) is 8.45. The van der Waals surface area contributed by atoms with Gasteiger partial charge in [-0.1, -0.05) is 17.7 Å². The number of nitrogens with two attached hydrogens (primary N) is 1. The van der Waals surface area contributed by atoms with Gasteiger partial charge in [-0.25, -0.2) is 22.4 Å². The molecule has 0 radical (unpaired) electrons. The first-order valence-electron chi connectivity index (χ1n) is 6.33. The van der Waals surface area contributed by atoms with Crippen LogP contribution in [0, 0.1) is 13.8 Å². The summed E-state index contributed by atoms with van der Waals surface area (Å²) in [6.07, 6.45) is 1.45. The van der Waals surface area contributed by atoms with Crippen LogP contribution >= 0.6 is 0 Å². The Morgan fingerprint density at radius 1 is 1.05 bits per heavy atom. The van der Waals surface area contributed by atoms with Crippen LogP contribution in [0.25, 0.3) is 11.0 Å². The zero-order valence-corrected chi connectivity index (χ0v) is 12.4. The van der Waals surface area contributed by atoms with E-state index in [9.17, 15) is 8.42 Å². The Hall–Kier alpha value is -2.41. The van der Waals surface area contributed by atoms with E-state index in [0.29, 0.717) is 16.9 Å². The minimum atomic E-state index is -3.70. The van der Waals surface area contributed by atoms with Gasteiger partial charge < -0.3 is 5.73 Å². The Labute approximate surface area is 122 Å². The van der Waals surface area contributed by atoms with Gasteiger partial charge in [0.05, 0.1) is 10.3 Å². The Balaban J connectivity index is 2.27. The standard InChI is InChI=1S/C14H14N4O2S/c1-9-3-5-11(6-4-9)21(19,20)18-8-7-12-13(15)16-10(2)17-14(12)18/h3-8H,1-2H3,(H2,15,16,17). The van der Waals surface area contributed by atoms with Crippen molar-refractivity contribution in [2.75, 3.05) is 5.73 Å². The quantitative estimate of drug-likeness (QED) is 0.780. The Bertz CT molecular complexity index is 928. The van der Waals surface area contributed by atoms with Crippen LogP contribution in [0.15, 0.2) is 41.4 Å². The molecule has 0 saturated carbocycles. The molecule has 0 saturated heterocycles. The summed E-state index contributed by atoms with van der Waals surface area (Å²) in [5.41, 5.74) is 7.10. The van der Waals surface area contributed by atoms with Crippen molar-refractivity contribution in [2.45, 2.75) is 18.7 Å². The number of nitrogens with zero attached hydrogens (tertiary/aromatic N) is 3. The summed E-state index contributed by atoms with van der Waals surface area (Å²) in [6.45, 7) is 3.57. The molecule has 108 valence electrons. The Morgan fingerprint density at radius 2 is 1.71 bits per heavy atom. The van der Waals surface area contributed by atoms with Gasteiger partial charge in [-0.05, 0) is 32.0 Å². The monoisotopic (exact) mass is 302 g/mol. The summed E-state index contributed by atoms with van der Waals surface area (Å²) in [5, 5.41) is 0.524. The van der Waals surface area contributed by atoms with Crippen LogP contribution in [0.1, 0.15) is 11.4 Å². The Morgan fingerprint density at radius 3 is 2.38 bits per heavy atom. The molecule has 0 unspecified atom stereocenters. The van der Waals surface area contributed by atoms with Crippen molar-refractivity contribution in [2.24, 2.45) is 0 Å². The van der Waals surface area contributed by atoms with Gasteiger partial charge >= 0.3 is 0 Å². The summed E-state index contributed by atoms with van der Waals surface area (Å²) in [6, 6.07) is 8.28. The number of fused-ring (bicyclic) bond motifs is 1. The van der Waals surface area contributed by atoms with Crippen molar-refractivity contribution in [1.29, 1.82) is 0 Å². The third-order valence-electron chi connectivity index (χ3n) is 3.23. The van der Waals surface area contributed by atoms with Crippen molar-refractivity contribution in [3.05, 3.63) is 47.9 Å². The largest absolute Gasteiger partial charge is 0.383 e. The molecule has 7 heteroatoms. The van der Waals surface area contributed by atoms with Gasteiger partial charge in [0.1, 0.15) is 11.6 Å². The van der Waals surface area contributed by atoms with Gasteiger partial charge in [0.15, 0.2) is 5.65 Å². The van der Waals surface area contributed by atoms with Crippen molar-refractivity contribution in [3.8, 4) is 0 Å². The second-order valence-corrected chi connectivity index (χ2v) is 6.64. The van der Waals surface area contributed by atoms with E-state index in [1.165, 1.54) is 6.20 Å². The number of anilines is 1. The highest BCUT2D eigenvalue weighted by molar-refractivity contribution is 7.90. The highest BCUT2D eigenvalue weighted by atomic mass is 32.2. The molecule has 3 rings (SSSR count). The number of benzene rings is 1. The SMILES string of the molecule is Cc1ccc(S(=O)(=O)n2ccc3c(N)nc(C)nc32)cc1. The number of hydrogen-bond acceptors (Lipinski definition) is 5. The number of hydrogen-bond donors (Lipinski definition) is 1. The first-order valence-corrected chi connectivity index (χ1v) is 7.77. The third kappa shape index (κ3) is 2.15. The maximum absolute atomic E-state index is 12.7. The van der Waals surface area contributed by atoms with Crippen LogP contribution < -0.4 is 5.73 Å². The summed E-state index contributed by atoms with van der Waals surface area (Å²) in [7, 11) is -3.70. The van der Waals surface area contributed by atoms with Gasteiger partial charge in [0, 0.05) is 6.20 Å². The van der Waals surface area contributed by atoms with E-state index in [1.54, 1.807) is 37.3 Å². The maximum Gasteiger partial charge on any atom is 0.269 e. The molecule has 0 bridgehead atoms. The lowest BCUT2D eigenvalue weighted by atomic mass is 10.2. The average molecular weight is 302 g/mol. The molecule has 0 spiro atoms. The third-order valence-corrected chi connectivity index (χ3v) is 4.91. The van der Waals surface area contributed by atoms with Crippen LogP contribution in [0.2, 0.25) is 0 Å². The predicted molar refractivity (Wildman–Crippen MR) is 80.4 cm³/mol. The summed E-state index contributed by atoms with van der Waals surface area (Å²) in [5.74, 6) is 0.703. The molecule has 6 nitrogen and oxygen atoms in total. The minimum Gasteiger partial charge on any atom is -0.383 e. The highest BCUT2D eigenvalue weighted by Crippen LogP contribution is 2.23. The van der Waals surface area contributed by atoms with E-state index < -0.39 is 10.0 Å². The lowest BCUT2D eigenvalue weighted by Crippen LogP contribution is -2.13. The van der Waals surface area contributed by atoms with Crippen LogP contribution in [0.4, 0.5) is 5.82 Å². The molecule has 3 aromatic rings. The topological polar surface area (TPSA) is 90.9 Å². The fraction of sp³-hybridized carbons (Fsp3) is 0.143. The van der Waals surface area contributed by atoms with Gasteiger partial charge in [-0.15, -0.1) is 0 Å². The van der Waals surface area contributed by atoms with E-state index in [2.05, 4.69) is 9.97 Å². The van der Waals surface area contributed by atoms with E-state index in [1.807, 2.05) is 6.92 Å². The number of aromatic nitrogens is 3. The average Bonchev–Trinajstić information content (AvgIpc) is 2.83. The van der Waals surface area contributed by atoms with Gasteiger partial charge in [-0.3, -0.25) is 0 Å². The molecule has 2 aromatic heterocycles. The smallest absolute Gasteiger partial charge is 0.269 e. The van der Waals surface area contributed by atoms with Gasteiger partial charge in [0.2, 0.25) is 0 Å². The lowest BCUT2D eigenvalue weighted by molar-refractivity contribution is 0.588. The van der Waals surface area contributed by atoms with Crippen molar-refractivity contribution in [3.63, 3.8) is 0 Å². The number of nitrogen functional groups attached to an aromatic ring is 1. The minimum absolute atomic E-state index is 0.209. The molecule has 0 amide bonds. The Kier molecular flexibility index (Phi) is 2.94. The second-order valence-electron chi connectivity index (χ2n) is 4.82. The molecule has 0 atom stereocenters. The van der Waals surface area contributed by atoms with Crippen LogP contribution in [0.3, 0.4) is 0 Å². The van der Waals surface area contributed by atoms with E-state index >= 15 is 0 Å². The molecule has 0 fully saturated rings. The molecule has 0 aliphatic rings. The fourth-order valence-corrected chi connectivity index (χ4v) is 3.44. The zero-order valence-electron chi connectivity index (χ0n) is 11.6. The maximum atomic E-state index is 12.7. The zero-order chi connectivity index (χ0) is 15.2. The number of aryl methyl sites for hydroxylation is 2. The summed E-state index contributed by atoms with van der Waals surface area (Å²) < 4.78 is 26.5. The first-order chi connectivity index (χ1) is 9.89. The molecule has 21 heavy (non-hydrogen) atoms. The van der Waals surface area contributed by atoms with Crippen LogP contribution in [0.5, 0.6) is 0 Å². The molecule has 0 aliphatic carbocycles. The fourth-order valence-electron chi connectivity index (χ4n) is 2.15. The highest BCUT2D eigenvalue weighted by Gasteiger charge is 2.20. The summed E-state index contributed by atoms with van der Waals surface area (Å²) >= 11 is 0. The molecule has 2 N–H and O–H groups in total. The van der Waals surface area contributed by atoms with Crippen molar-refractivity contribution < 1.29 is 8.42 Å². The number of rotatable bonds is 2. The van der Waals surface area contributed by atoms with Gasteiger partial charge in [-0.2, -0.15) is 0 Å². The van der Waals surface area contributed by atoms with E-state index in [-0.39, 0.29) is 10.7 Å².